The number of nitrogens with zero attached hydrogens (tertiary/aromatic N) is 3. The summed E-state index contributed by atoms with van der Waals surface area (Å²) in [7, 11) is 0. The molecule has 0 saturated carbocycles. The lowest BCUT2D eigenvalue weighted by atomic mass is 10.4. The molecule has 1 fully saturated rings. The number of thioether (sulfide) groups is 1. The van der Waals surface area contributed by atoms with Crippen LogP contribution in [-0.4, -0.2) is 52.9 Å². The minimum absolute atomic E-state index is 0.0439. The summed E-state index contributed by atoms with van der Waals surface area (Å²) >= 11 is 1.37. The predicted molar refractivity (Wildman–Crippen MR) is 72.4 cm³/mol. The summed E-state index contributed by atoms with van der Waals surface area (Å²) in [5.74, 6) is -0.0636. The molecular weight excluding hydrogens is 266 g/mol. The molecular formula is C12H17N3O3S. The highest BCUT2D eigenvalue weighted by Crippen LogP contribution is 2.10. The standard InChI is InChI=1S/C12H17N3O3S/c1-9-7-10(16)15(12(13-9)19-2)8-11(17)14-3-5-18-6-4-14/h7H,3-6,8H2,1-2H3. The van der Waals surface area contributed by atoms with Crippen molar-refractivity contribution in [1.82, 2.24) is 14.5 Å². The normalized spacial score (nSPS) is 15.6. The monoisotopic (exact) mass is 283 g/mol. The number of rotatable bonds is 3. The van der Waals surface area contributed by atoms with Crippen molar-refractivity contribution in [2.75, 3.05) is 32.6 Å². The summed E-state index contributed by atoms with van der Waals surface area (Å²) in [6.45, 7) is 4.10. The first kappa shape index (κ1) is 14.1. The highest BCUT2D eigenvalue weighted by molar-refractivity contribution is 7.98. The van der Waals surface area contributed by atoms with Crippen LogP contribution in [0.4, 0.5) is 0 Å². The van der Waals surface area contributed by atoms with Gasteiger partial charge in [0.15, 0.2) is 5.16 Å². The van der Waals surface area contributed by atoms with E-state index in [9.17, 15) is 9.59 Å². The first-order valence-corrected chi connectivity index (χ1v) is 7.32. The molecule has 1 aliphatic heterocycles. The molecule has 104 valence electrons. The third kappa shape index (κ3) is 3.36. The van der Waals surface area contributed by atoms with Crippen LogP contribution in [0.15, 0.2) is 16.0 Å². The van der Waals surface area contributed by atoms with E-state index in [0.717, 1.165) is 0 Å². The number of amides is 1. The molecule has 0 N–H and O–H groups in total. The molecule has 0 aliphatic carbocycles. The topological polar surface area (TPSA) is 64.4 Å². The molecule has 7 heteroatoms. The van der Waals surface area contributed by atoms with Gasteiger partial charge in [-0.05, 0) is 13.2 Å². The van der Waals surface area contributed by atoms with Crippen molar-refractivity contribution in [3.8, 4) is 0 Å². The summed E-state index contributed by atoms with van der Waals surface area (Å²) in [6.07, 6.45) is 1.84. The summed E-state index contributed by atoms with van der Waals surface area (Å²) in [4.78, 5) is 30.1. The lowest BCUT2D eigenvalue weighted by Gasteiger charge is -2.27. The summed E-state index contributed by atoms with van der Waals surface area (Å²) in [6, 6.07) is 1.45. The van der Waals surface area contributed by atoms with Crippen molar-refractivity contribution in [1.29, 1.82) is 0 Å². The molecule has 1 saturated heterocycles. The molecule has 0 spiro atoms. The van der Waals surface area contributed by atoms with Crippen molar-refractivity contribution in [3.63, 3.8) is 0 Å². The minimum atomic E-state index is -0.182. The SMILES string of the molecule is CSc1nc(C)cc(=O)n1CC(=O)N1CCOCC1. The molecule has 1 aromatic rings. The van der Waals surface area contributed by atoms with Crippen molar-refractivity contribution >= 4 is 17.7 Å². The average Bonchev–Trinajstić information content (AvgIpc) is 2.42. The molecule has 0 aromatic carbocycles. The molecule has 19 heavy (non-hydrogen) atoms. The second-order valence-electron chi connectivity index (χ2n) is 4.30. The number of ether oxygens (including phenoxy) is 1. The largest absolute Gasteiger partial charge is 0.378 e. The highest BCUT2D eigenvalue weighted by Gasteiger charge is 2.19. The second-order valence-corrected chi connectivity index (χ2v) is 5.08. The Bertz CT molecular complexity index is 523. The van der Waals surface area contributed by atoms with E-state index in [1.54, 1.807) is 11.8 Å². The van der Waals surface area contributed by atoms with Crippen LogP contribution < -0.4 is 5.56 Å². The fourth-order valence-corrected chi connectivity index (χ4v) is 2.55. The molecule has 1 amide bonds. The van der Waals surface area contributed by atoms with Gasteiger partial charge in [0.25, 0.3) is 5.56 Å². The fourth-order valence-electron chi connectivity index (χ4n) is 1.94. The number of hydrogen-bond acceptors (Lipinski definition) is 5. The van der Waals surface area contributed by atoms with Gasteiger partial charge in [0.05, 0.1) is 13.2 Å². The van der Waals surface area contributed by atoms with Crippen LogP contribution in [0.2, 0.25) is 0 Å². The van der Waals surface area contributed by atoms with Crippen molar-refractivity contribution in [3.05, 3.63) is 22.1 Å². The van der Waals surface area contributed by atoms with E-state index in [2.05, 4.69) is 4.98 Å². The van der Waals surface area contributed by atoms with Gasteiger partial charge in [-0.15, -0.1) is 0 Å². The van der Waals surface area contributed by atoms with Gasteiger partial charge in [0, 0.05) is 24.8 Å². The van der Waals surface area contributed by atoms with Gasteiger partial charge in [-0.3, -0.25) is 14.2 Å². The Morgan fingerprint density at radius 2 is 2.16 bits per heavy atom. The Hall–Kier alpha value is -1.34. The number of aryl methyl sites for hydroxylation is 1. The zero-order chi connectivity index (χ0) is 13.8. The van der Waals surface area contributed by atoms with Gasteiger partial charge >= 0.3 is 0 Å². The Balaban J connectivity index is 2.18. The van der Waals surface area contributed by atoms with Crippen LogP contribution in [0.1, 0.15) is 5.69 Å². The quantitative estimate of drug-likeness (QED) is 0.583. The predicted octanol–water partition coefficient (Wildman–Crippen LogP) is 0.132. The van der Waals surface area contributed by atoms with Gasteiger partial charge in [0.2, 0.25) is 5.91 Å². The van der Waals surface area contributed by atoms with Crippen LogP contribution >= 0.6 is 11.8 Å². The van der Waals surface area contributed by atoms with Gasteiger partial charge in [-0.2, -0.15) is 0 Å². The molecule has 1 aliphatic rings. The molecule has 2 rings (SSSR count). The molecule has 1 aromatic heterocycles. The maximum Gasteiger partial charge on any atom is 0.254 e. The summed E-state index contributed by atoms with van der Waals surface area (Å²) < 4.78 is 6.63. The molecule has 0 radical (unpaired) electrons. The van der Waals surface area contributed by atoms with Crippen LogP contribution in [0.3, 0.4) is 0 Å². The molecule has 0 bridgehead atoms. The maximum atomic E-state index is 12.1. The van der Waals surface area contributed by atoms with E-state index in [1.165, 1.54) is 22.4 Å². The van der Waals surface area contributed by atoms with Gasteiger partial charge in [-0.25, -0.2) is 4.98 Å². The molecule has 2 heterocycles. The first-order chi connectivity index (χ1) is 9.11. The Labute approximate surface area is 115 Å². The molecule has 0 unspecified atom stereocenters. The Morgan fingerprint density at radius 3 is 2.79 bits per heavy atom. The van der Waals surface area contributed by atoms with Gasteiger partial charge in [-0.1, -0.05) is 11.8 Å². The lowest BCUT2D eigenvalue weighted by Crippen LogP contribution is -2.43. The van der Waals surface area contributed by atoms with Crippen molar-refractivity contribution in [2.45, 2.75) is 18.6 Å². The third-order valence-electron chi connectivity index (χ3n) is 2.94. The van der Waals surface area contributed by atoms with Crippen LogP contribution in [0.5, 0.6) is 0 Å². The lowest BCUT2D eigenvalue weighted by molar-refractivity contribution is -0.136. The van der Waals surface area contributed by atoms with Crippen LogP contribution in [-0.2, 0) is 16.1 Å². The van der Waals surface area contributed by atoms with E-state index >= 15 is 0 Å². The van der Waals surface area contributed by atoms with Crippen molar-refractivity contribution in [2.24, 2.45) is 0 Å². The molecule has 6 nitrogen and oxygen atoms in total. The second kappa shape index (κ2) is 6.21. The number of aromatic nitrogens is 2. The number of morpholine rings is 1. The fraction of sp³-hybridized carbons (Fsp3) is 0.583. The van der Waals surface area contributed by atoms with Gasteiger partial charge < -0.3 is 9.64 Å². The van der Waals surface area contributed by atoms with E-state index in [4.69, 9.17) is 4.74 Å². The van der Waals surface area contributed by atoms with Crippen LogP contribution in [0.25, 0.3) is 0 Å². The van der Waals surface area contributed by atoms with E-state index in [1.807, 2.05) is 6.26 Å². The molecule has 0 atom stereocenters. The van der Waals surface area contributed by atoms with Crippen molar-refractivity contribution < 1.29 is 9.53 Å². The average molecular weight is 283 g/mol. The highest BCUT2D eigenvalue weighted by atomic mass is 32.2. The summed E-state index contributed by atoms with van der Waals surface area (Å²) in [5, 5.41) is 0.576. The number of carbonyl (C=O) groups excluding carboxylic acids is 1. The van der Waals surface area contributed by atoms with E-state index < -0.39 is 0 Å². The zero-order valence-electron chi connectivity index (χ0n) is 11.1. The Morgan fingerprint density at radius 1 is 1.47 bits per heavy atom. The van der Waals surface area contributed by atoms with Gasteiger partial charge in [0.1, 0.15) is 6.54 Å². The minimum Gasteiger partial charge on any atom is -0.378 e. The Kier molecular flexibility index (Phi) is 4.60. The third-order valence-corrected chi connectivity index (χ3v) is 3.62. The summed E-state index contributed by atoms with van der Waals surface area (Å²) in [5.41, 5.74) is 0.489. The van der Waals surface area contributed by atoms with E-state index in [0.29, 0.717) is 37.2 Å². The van der Waals surface area contributed by atoms with Crippen LogP contribution in [0, 0.1) is 6.92 Å². The zero-order valence-corrected chi connectivity index (χ0v) is 11.9. The number of carbonyl (C=O) groups is 1. The number of hydrogen-bond donors (Lipinski definition) is 0. The maximum absolute atomic E-state index is 12.1. The smallest absolute Gasteiger partial charge is 0.254 e. The van der Waals surface area contributed by atoms with E-state index in [-0.39, 0.29) is 18.0 Å². The first-order valence-electron chi connectivity index (χ1n) is 6.10.